The molecule has 2 aromatic heterocycles. The van der Waals surface area contributed by atoms with Crippen LogP contribution in [0.4, 0.5) is 0 Å². The molecule has 0 N–H and O–H groups in total. The van der Waals surface area contributed by atoms with Crippen LogP contribution in [0.5, 0.6) is 0 Å². The zero-order chi connectivity index (χ0) is 44.0. The molecule has 0 spiro atoms. The van der Waals surface area contributed by atoms with E-state index in [1.165, 1.54) is 85.2 Å². The van der Waals surface area contributed by atoms with E-state index >= 15 is 0 Å². The van der Waals surface area contributed by atoms with E-state index in [2.05, 4.69) is 206 Å². The zero-order valence-electron chi connectivity index (χ0n) is 36.1. The number of nitrogens with zero attached hydrogens (tertiary/aromatic N) is 3. The molecule has 67 heavy (non-hydrogen) atoms. The number of thiophene rings is 1. The van der Waals surface area contributed by atoms with Gasteiger partial charge in [0.05, 0.1) is 0 Å². The third-order valence-electron chi connectivity index (χ3n) is 13.6. The first-order chi connectivity index (χ1) is 33.2. The predicted molar refractivity (Wildman–Crippen MR) is 284 cm³/mol. The maximum absolute atomic E-state index is 5.29. The van der Waals surface area contributed by atoms with Crippen LogP contribution in [0.2, 0.25) is 0 Å². The fourth-order valence-corrected chi connectivity index (χ4v) is 11.6. The Bertz CT molecular complexity index is 4230. The van der Waals surface area contributed by atoms with Crippen LogP contribution >= 0.6 is 11.3 Å². The summed E-state index contributed by atoms with van der Waals surface area (Å²) in [5.74, 6) is 1.89. The van der Waals surface area contributed by atoms with Gasteiger partial charge in [-0.05, 0) is 122 Å². The van der Waals surface area contributed by atoms with E-state index in [0.29, 0.717) is 17.5 Å². The average Bonchev–Trinajstić information content (AvgIpc) is 3.84. The van der Waals surface area contributed by atoms with Gasteiger partial charge >= 0.3 is 0 Å². The number of benzene rings is 11. The lowest BCUT2D eigenvalue weighted by molar-refractivity contribution is 1.07. The first kappa shape index (κ1) is 37.8. The van der Waals surface area contributed by atoms with Crippen molar-refractivity contribution in [3.8, 4) is 66.9 Å². The Morgan fingerprint density at radius 1 is 0.254 bits per heavy atom. The summed E-state index contributed by atoms with van der Waals surface area (Å²) < 4.78 is 1.28. The second-order valence-electron chi connectivity index (χ2n) is 17.5. The SMILES string of the molecule is c1ccc(-c2nc(-c3ccc(-c4cc5ccccc5s4)cc3)nc(-c3ccccc3-c3ccccc3-c3cc4ccc5cccc6c7cccc8ccc9cccc(c(c3)c4c56)c9c87)n2)cc1. The highest BCUT2D eigenvalue weighted by molar-refractivity contribution is 7.22. The maximum atomic E-state index is 5.29. The Kier molecular flexibility index (Phi) is 8.45. The van der Waals surface area contributed by atoms with Gasteiger partial charge in [0, 0.05) is 26.3 Å². The smallest absolute Gasteiger partial charge is 0.164 e. The van der Waals surface area contributed by atoms with Gasteiger partial charge in [0.25, 0.3) is 0 Å². The highest BCUT2D eigenvalue weighted by Gasteiger charge is 2.20. The number of rotatable bonds is 6. The molecule has 0 amide bonds. The van der Waals surface area contributed by atoms with Gasteiger partial charge < -0.3 is 0 Å². The van der Waals surface area contributed by atoms with Gasteiger partial charge in [-0.2, -0.15) is 0 Å². The highest BCUT2D eigenvalue weighted by atomic mass is 32.1. The highest BCUT2D eigenvalue weighted by Crippen LogP contribution is 2.46. The first-order valence-electron chi connectivity index (χ1n) is 22.7. The van der Waals surface area contributed by atoms with Crippen LogP contribution in [-0.2, 0) is 0 Å². The molecule has 0 aliphatic heterocycles. The molecule has 0 aliphatic rings. The lowest BCUT2D eigenvalue weighted by Crippen LogP contribution is -2.01. The molecule has 0 radical (unpaired) electrons. The van der Waals surface area contributed by atoms with Crippen LogP contribution in [0.15, 0.2) is 224 Å². The lowest BCUT2D eigenvalue weighted by Gasteiger charge is -2.18. The first-order valence-corrected chi connectivity index (χ1v) is 23.6. The second-order valence-corrected chi connectivity index (χ2v) is 18.5. The molecular formula is C63H37N3S. The molecule has 12 aromatic carbocycles. The molecule has 14 rings (SSSR count). The van der Waals surface area contributed by atoms with E-state index in [1.807, 2.05) is 29.5 Å². The predicted octanol–water partition coefficient (Wildman–Crippen LogP) is 17.4. The van der Waals surface area contributed by atoms with Gasteiger partial charge in [-0.25, -0.2) is 15.0 Å². The van der Waals surface area contributed by atoms with E-state index in [9.17, 15) is 0 Å². The molecule has 4 heteroatoms. The van der Waals surface area contributed by atoms with Crippen LogP contribution in [0.1, 0.15) is 0 Å². The van der Waals surface area contributed by atoms with Crippen molar-refractivity contribution in [3.63, 3.8) is 0 Å². The van der Waals surface area contributed by atoms with Crippen LogP contribution in [0, 0.1) is 0 Å². The van der Waals surface area contributed by atoms with Crippen molar-refractivity contribution in [1.82, 2.24) is 15.0 Å². The molecule has 0 saturated carbocycles. The third-order valence-corrected chi connectivity index (χ3v) is 14.8. The van der Waals surface area contributed by atoms with Crippen LogP contribution < -0.4 is 0 Å². The van der Waals surface area contributed by atoms with Gasteiger partial charge in [0.15, 0.2) is 17.5 Å². The van der Waals surface area contributed by atoms with E-state index in [4.69, 9.17) is 15.0 Å². The minimum Gasteiger partial charge on any atom is -0.208 e. The summed E-state index contributed by atoms with van der Waals surface area (Å²) in [6, 6.07) is 81.4. The minimum atomic E-state index is 0.626. The second kappa shape index (κ2) is 15.0. The molecule has 3 nitrogen and oxygen atoms in total. The van der Waals surface area contributed by atoms with Gasteiger partial charge in [0.2, 0.25) is 0 Å². The molecule has 310 valence electrons. The number of hydrogen-bond acceptors (Lipinski definition) is 4. The molecule has 0 unspecified atom stereocenters. The van der Waals surface area contributed by atoms with Crippen LogP contribution in [-0.4, -0.2) is 15.0 Å². The quantitative estimate of drug-likeness (QED) is 0.156. The summed E-state index contributed by atoms with van der Waals surface area (Å²) in [5, 5.41) is 16.5. The summed E-state index contributed by atoms with van der Waals surface area (Å²) in [6.45, 7) is 0. The third kappa shape index (κ3) is 6.07. The summed E-state index contributed by atoms with van der Waals surface area (Å²) >= 11 is 1.81. The molecule has 0 saturated heterocycles. The topological polar surface area (TPSA) is 38.7 Å². The van der Waals surface area contributed by atoms with Gasteiger partial charge in [-0.1, -0.05) is 200 Å². The van der Waals surface area contributed by atoms with Crippen molar-refractivity contribution >= 4 is 86.1 Å². The Morgan fingerprint density at radius 3 is 1.36 bits per heavy atom. The molecule has 0 fully saturated rings. The monoisotopic (exact) mass is 867 g/mol. The zero-order valence-corrected chi connectivity index (χ0v) is 36.9. The van der Waals surface area contributed by atoms with Gasteiger partial charge in [-0.3, -0.25) is 0 Å². The van der Waals surface area contributed by atoms with Crippen molar-refractivity contribution in [1.29, 1.82) is 0 Å². The van der Waals surface area contributed by atoms with Gasteiger partial charge in [0.1, 0.15) is 0 Å². The maximum Gasteiger partial charge on any atom is 0.164 e. The largest absolute Gasteiger partial charge is 0.208 e. The molecule has 0 atom stereocenters. The van der Waals surface area contributed by atoms with Gasteiger partial charge in [-0.15, -0.1) is 11.3 Å². The van der Waals surface area contributed by atoms with Crippen molar-refractivity contribution in [2.24, 2.45) is 0 Å². The summed E-state index contributed by atoms with van der Waals surface area (Å²) in [6.07, 6.45) is 0. The van der Waals surface area contributed by atoms with Crippen LogP contribution in [0.3, 0.4) is 0 Å². The Labute approximate surface area is 390 Å². The normalized spacial score (nSPS) is 11.9. The fourth-order valence-electron chi connectivity index (χ4n) is 10.6. The molecule has 0 bridgehead atoms. The Balaban J connectivity index is 0.970. The summed E-state index contributed by atoms with van der Waals surface area (Å²) in [7, 11) is 0. The minimum absolute atomic E-state index is 0.626. The average molecular weight is 868 g/mol. The Morgan fingerprint density at radius 2 is 0.716 bits per heavy atom. The van der Waals surface area contributed by atoms with E-state index < -0.39 is 0 Å². The summed E-state index contributed by atoms with van der Waals surface area (Å²) in [5.41, 5.74) is 8.45. The number of hydrogen-bond donors (Lipinski definition) is 0. The number of fused-ring (bicyclic) bond motifs is 3. The van der Waals surface area contributed by atoms with E-state index in [1.54, 1.807) is 0 Å². The molecular weight excluding hydrogens is 831 g/mol. The van der Waals surface area contributed by atoms with E-state index in [0.717, 1.165) is 38.9 Å². The number of aromatic nitrogens is 3. The van der Waals surface area contributed by atoms with Crippen molar-refractivity contribution in [3.05, 3.63) is 224 Å². The van der Waals surface area contributed by atoms with Crippen molar-refractivity contribution in [2.75, 3.05) is 0 Å². The Hall–Kier alpha value is -8.57. The van der Waals surface area contributed by atoms with Crippen molar-refractivity contribution in [2.45, 2.75) is 0 Å². The summed E-state index contributed by atoms with van der Waals surface area (Å²) in [4.78, 5) is 16.9. The molecule has 14 aromatic rings. The fraction of sp³-hybridized carbons (Fsp3) is 0. The molecule has 2 heterocycles. The lowest BCUT2D eigenvalue weighted by atomic mass is 9.85. The standard InChI is InChI=1S/C63H37N3S/c1-2-13-42(14-3-1)61-64-62(43-32-27-38(28-33-43)56-37-44-15-4-9-26-55(44)67-56)66-63(65-61)53-22-8-7-21-49(53)48-20-6-5-19-47(48)46-35-45-34-31-41-17-11-24-51-50-23-10-16-39-29-30-40-18-12-25-52(59(40)57(39)50)54(36-46)60(45)58(41)51/h1-37H. The van der Waals surface area contributed by atoms with E-state index in [-0.39, 0.29) is 0 Å². The van der Waals surface area contributed by atoms with Crippen molar-refractivity contribution < 1.29 is 0 Å². The van der Waals surface area contributed by atoms with Crippen LogP contribution in [0.25, 0.3) is 142 Å². The molecule has 0 aliphatic carbocycles.